The average Bonchev–Trinajstić information content (AvgIpc) is 2.57. The highest BCUT2D eigenvalue weighted by molar-refractivity contribution is 6.55. The smallest absolute Gasteiger partial charge is 0.161 e. The summed E-state index contributed by atoms with van der Waals surface area (Å²) >= 11 is 0. The lowest BCUT2D eigenvalue weighted by molar-refractivity contribution is 0.629. The third-order valence-electron chi connectivity index (χ3n) is 3.63. The molecule has 0 atom stereocenters. The van der Waals surface area contributed by atoms with E-state index in [1.165, 1.54) is 23.2 Å². The van der Waals surface area contributed by atoms with Crippen molar-refractivity contribution in [3.05, 3.63) is 71.8 Å². The van der Waals surface area contributed by atoms with Gasteiger partial charge in [-0.3, -0.25) is 0 Å². The number of hydrogen-bond acceptors (Lipinski definition) is 1. The van der Waals surface area contributed by atoms with Gasteiger partial charge in [-0.1, -0.05) is 74.5 Å². The van der Waals surface area contributed by atoms with Gasteiger partial charge in [0.05, 0.1) is 0 Å². The molecule has 0 saturated heterocycles. The summed E-state index contributed by atoms with van der Waals surface area (Å²) in [6, 6.07) is 23.9. The van der Waals surface area contributed by atoms with E-state index in [1.54, 1.807) is 0 Å². The molecule has 0 aliphatic carbocycles. The van der Waals surface area contributed by atoms with Crippen LogP contribution >= 0.6 is 0 Å². The molecule has 2 aromatic carbocycles. The average molecular weight is 317 g/mol. The van der Waals surface area contributed by atoms with Crippen LogP contribution in [0.1, 0.15) is 25.0 Å². The van der Waals surface area contributed by atoms with Crippen LogP contribution in [0.5, 0.6) is 0 Å². The van der Waals surface area contributed by atoms with Crippen LogP contribution < -0.4 is 0 Å². The Hall–Kier alpha value is -1.17. The first-order valence-corrected chi connectivity index (χ1v) is 10.8. The summed E-state index contributed by atoms with van der Waals surface area (Å²) in [7, 11) is 0.344. The van der Waals surface area contributed by atoms with Gasteiger partial charge in [-0.25, -0.2) is 0 Å². The summed E-state index contributed by atoms with van der Waals surface area (Å²) < 4.78 is 5.33. The molecule has 0 aliphatic rings. The highest BCUT2D eigenvalue weighted by Crippen LogP contribution is 2.06. The second kappa shape index (κ2) is 11.5. The molecule has 1 nitrogen and oxygen atoms in total. The van der Waals surface area contributed by atoms with Crippen molar-refractivity contribution in [1.29, 1.82) is 0 Å². The van der Waals surface area contributed by atoms with Crippen molar-refractivity contribution in [2.45, 2.75) is 38.8 Å². The van der Waals surface area contributed by atoms with E-state index in [4.69, 9.17) is 4.12 Å². The SMILES string of the molecule is CC[SiH](CC)O[SiH3].c1ccc(CCc2ccccc2)cc1. The number of rotatable bonds is 6. The van der Waals surface area contributed by atoms with Gasteiger partial charge in [0.1, 0.15) is 10.5 Å². The van der Waals surface area contributed by atoms with E-state index < -0.39 is 9.04 Å². The molecule has 0 radical (unpaired) electrons. The minimum absolute atomic E-state index is 0.610. The molecule has 2 aromatic rings. The van der Waals surface area contributed by atoms with Gasteiger partial charge in [-0.05, 0) is 36.1 Å². The summed E-state index contributed by atoms with van der Waals surface area (Å²) in [6.45, 7) is 4.44. The van der Waals surface area contributed by atoms with Crippen LogP contribution in [0.25, 0.3) is 0 Å². The molecule has 3 heteroatoms. The van der Waals surface area contributed by atoms with Crippen molar-refractivity contribution >= 4 is 19.5 Å². The van der Waals surface area contributed by atoms with Gasteiger partial charge in [0.25, 0.3) is 0 Å². The fourth-order valence-electron chi connectivity index (χ4n) is 2.20. The largest absolute Gasteiger partial charge is 0.466 e. The minimum atomic E-state index is -0.610. The van der Waals surface area contributed by atoms with Crippen LogP contribution in [0.2, 0.25) is 12.1 Å². The Morgan fingerprint density at radius 2 is 1.14 bits per heavy atom. The van der Waals surface area contributed by atoms with E-state index in [0.717, 1.165) is 23.3 Å². The molecule has 0 heterocycles. The minimum Gasteiger partial charge on any atom is -0.466 e. The third kappa shape index (κ3) is 8.00. The van der Waals surface area contributed by atoms with E-state index in [1.807, 2.05) is 0 Å². The number of aryl methyl sites for hydroxylation is 2. The Bertz CT molecular complexity index is 410. The molecule has 0 aromatic heterocycles. The van der Waals surface area contributed by atoms with Crippen molar-refractivity contribution in [2.24, 2.45) is 0 Å². The fraction of sp³-hybridized carbons (Fsp3) is 0.333. The Balaban J connectivity index is 0.000000270. The van der Waals surface area contributed by atoms with Crippen LogP contribution in [0.4, 0.5) is 0 Å². The highest BCUT2D eigenvalue weighted by Gasteiger charge is 1.99. The molecule has 0 bridgehead atoms. The highest BCUT2D eigenvalue weighted by atomic mass is 28.3. The lowest BCUT2D eigenvalue weighted by atomic mass is 10.0. The lowest BCUT2D eigenvalue weighted by Crippen LogP contribution is -2.12. The summed E-state index contributed by atoms with van der Waals surface area (Å²) in [5.74, 6) is 0. The zero-order chi connectivity index (χ0) is 15.3. The Kier molecular flexibility index (Phi) is 9.78. The maximum Gasteiger partial charge on any atom is 0.161 e. The summed E-state index contributed by atoms with van der Waals surface area (Å²) in [5, 5.41) is 0. The van der Waals surface area contributed by atoms with Crippen LogP contribution in [0.15, 0.2) is 60.7 Å². The first-order chi connectivity index (χ1) is 10.3. The normalized spacial score (nSPS) is 10.2. The predicted molar refractivity (Wildman–Crippen MR) is 99.4 cm³/mol. The number of hydrogen-bond donors (Lipinski definition) is 0. The fourth-order valence-corrected chi connectivity index (χ4v) is 5.44. The van der Waals surface area contributed by atoms with E-state index >= 15 is 0 Å². The molecule has 0 N–H and O–H groups in total. The maximum atomic E-state index is 5.33. The van der Waals surface area contributed by atoms with E-state index in [9.17, 15) is 0 Å². The van der Waals surface area contributed by atoms with Crippen molar-refractivity contribution in [2.75, 3.05) is 0 Å². The standard InChI is InChI=1S/C14H14.C4H14OSi2/c1-3-7-13(8-4-1)11-12-14-9-5-2-6-10-14;1-3-7(4-2)5-6/h1-10H,11-12H2;7H,3-4H2,1-2,6H3. The Morgan fingerprint density at radius 3 is 1.38 bits per heavy atom. The van der Waals surface area contributed by atoms with Gasteiger partial charge < -0.3 is 4.12 Å². The van der Waals surface area contributed by atoms with Crippen LogP contribution in [-0.2, 0) is 17.0 Å². The molecule has 21 heavy (non-hydrogen) atoms. The monoisotopic (exact) mass is 316 g/mol. The van der Waals surface area contributed by atoms with Gasteiger partial charge in [0.15, 0.2) is 9.04 Å². The molecular weight excluding hydrogens is 288 g/mol. The van der Waals surface area contributed by atoms with Crippen LogP contribution in [0.3, 0.4) is 0 Å². The summed E-state index contributed by atoms with van der Waals surface area (Å²) in [4.78, 5) is 0. The predicted octanol–water partition coefficient (Wildman–Crippen LogP) is 3.52. The van der Waals surface area contributed by atoms with Crippen LogP contribution in [0, 0.1) is 0 Å². The summed E-state index contributed by atoms with van der Waals surface area (Å²) in [6.07, 6.45) is 2.26. The quantitative estimate of drug-likeness (QED) is 0.741. The molecular formula is C18H28OSi2. The maximum absolute atomic E-state index is 5.33. The van der Waals surface area contributed by atoms with Crippen molar-refractivity contribution in [3.63, 3.8) is 0 Å². The van der Waals surface area contributed by atoms with Crippen molar-refractivity contribution in [1.82, 2.24) is 0 Å². The zero-order valence-electron chi connectivity index (χ0n) is 13.6. The zero-order valence-corrected chi connectivity index (χ0v) is 16.7. The number of benzene rings is 2. The molecule has 0 aliphatic heterocycles. The van der Waals surface area contributed by atoms with Gasteiger partial charge in [0.2, 0.25) is 0 Å². The van der Waals surface area contributed by atoms with Gasteiger partial charge in [-0.15, -0.1) is 0 Å². The van der Waals surface area contributed by atoms with Gasteiger partial charge in [0, 0.05) is 0 Å². The Labute approximate surface area is 134 Å². The van der Waals surface area contributed by atoms with Crippen LogP contribution in [-0.4, -0.2) is 19.5 Å². The first-order valence-electron chi connectivity index (χ1n) is 7.90. The second-order valence-electron chi connectivity index (χ2n) is 5.15. The van der Waals surface area contributed by atoms with Gasteiger partial charge in [-0.2, -0.15) is 0 Å². The molecule has 2 rings (SSSR count). The molecule has 0 saturated carbocycles. The summed E-state index contributed by atoms with van der Waals surface area (Å²) in [5.41, 5.74) is 2.83. The molecule has 0 fully saturated rings. The van der Waals surface area contributed by atoms with Gasteiger partial charge >= 0.3 is 0 Å². The molecule has 0 unspecified atom stereocenters. The van der Waals surface area contributed by atoms with E-state index in [-0.39, 0.29) is 0 Å². The van der Waals surface area contributed by atoms with Crippen molar-refractivity contribution < 1.29 is 4.12 Å². The Morgan fingerprint density at radius 1 is 0.762 bits per heavy atom. The molecule has 0 spiro atoms. The first kappa shape index (κ1) is 17.9. The van der Waals surface area contributed by atoms with E-state index in [0.29, 0.717) is 0 Å². The topological polar surface area (TPSA) is 9.23 Å². The molecule has 0 amide bonds. The van der Waals surface area contributed by atoms with Crippen molar-refractivity contribution in [3.8, 4) is 0 Å². The molecule has 114 valence electrons. The van der Waals surface area contributed by atoms with E-state index in [2.05, 4.69) is 74.5 Å². The lowest BCUT2D eigenvalue weighted by Gasteiger charge is -2.05. The second-order valence-corrected chi connectivity index (χ2v) is 9.91. The third-order valence-corrected chi connectivity index (χ3v) is 8.12.